The molecule has 0 aromatic heterocycles. The summed E-state index contributed by atoms with van der Waals surface area (Å²) in [4.78, 5) is 73.3. The first-order chi connectivity index (χ1) is 51.9. The van der Waals surface area contributed by atoms with E-state index in [-0.39, 0.29) is 25.7 Å². The molecule has 17 nitrogen and oxygen atoms in total. The Balaban J connectivity index is 5.22. The summed E-state index contributed by atoms with van der Waals surface area (Å²) in [5.74, 6) is -0.466. The normalized spacial score (nSPS) is 13.8. The van der Waals surface area contributed by atoms with Crippen LogP contribution in [0, 0.1) is 11.8 Å². The molecule has 0 aromatic carbocycles. The highest BCUT2D eigenvalue weighted by Gasteiger charge is 2.30. The summed E-state index contributed by atoms with van der Waals surface area (Å²) in [6.07, 6.45) is 72.2. The van der Waals surface area contributed by atoms with E-state index in [1.807, 2.05) is 0 Å². The average molecular weight is 1560 g/mol. The maximum atomic E-state index is 13.2. The number of hydrogen-bond acceptors (Lipinski definition) is 15. The van der Waals surface area contributed by atoms with Crippen LogP contribution in [0.25, 0.3) is 0 Å². The Morgan fingerprint density at radius 3 is 0.636 bits per heavy atom. The number of carbonyl (C=O) groups excluding carboxylic acids is 4. The smallest absolute Gasteiger partial charge is 0.462 e. The van der Waals surface area contributed by atoms with Gasteiger partial charge in [-0.15, -0.1) is 0 Å². The lowest BCUT2D eigenvalue weighted by Crippen LogP contribution is -2.30. The van der Waals surface area contributed by atoms with Crippen molar-refractivity contribution < 1.29 is 80.2 Å². The van der Waals surface area contributed by atoms with Crippen molar-refractivity contribution in [2.24, 2.45) is 11.8 Å². The maximum Gasteiger partial charge on any atom is 0.472 e. The molecule has 0 heterocycles. The second-order valence-corrected chi connectivity index (χ2v) is 35.5. The Morgan fingerprint density at radius 1 is 0.252 bits per heavy atom. The van der Waals surface area contributed by atoms with Gasteiger partial charge >= 0.3 is 39.5 Å². The Bertz CT molecular complexity index is 2050. The van der Waals surface area contributed by atoms with Crippen molar-refractivity contribution in [1.29, 1.82) is 0 Å². The molecule has 3 N–H and O–H groups in total. The lowest BCUT2D eigenvalue weighted by atomic mass is 10.0. The third-order valence-corrected chi connectivity index (χ3v) is 22.6. The molecule has 2 unspecified atom stereocenters. The Kier molecular flexibility index (Phi) is 77.9. The summed E-state index contributed by atoms with van der Waals surface area (Å²) in [7, 11) is -9.93. The van der Waals surface area contributed by atoms with Crippen molar-refractivity contribution >= 4 is 39.5 Å². The van der Waals surface area contributed by atoms with E-state index >= 15 is 0 Å². The fraction of sp³-hybridized carbons (Fsp3) is 0.955. The minimum Gasteiger partial charge on any atom is -0.462 e. The van der Waals surface area contributed by atoms with Crippen molar-refractivity contribution in [2.45, 2.75) is 490 Å². The minimum atomic E-state index is -4.97. The number of unbranched alkanes of at least 4 members (excludes halogenated alkanes) is 57. The molecule has 5 atom stereocenters. The molecule has 0 aliphatic heterocycles. The van der Waals surface area contributed by atoms with Crippen LogP contribution in [-0.2, 0) is 65.4 Å². The SMILES string of the molecule is CCCCCCCCCCCCCCCCCCCC(=O)O[C@H](COC(=O)CCCCCCCCCCCC)COP(=O)(O)OC[C@H](O)COP(=O)(O)OC[C@@H](COC(=O)CCCCCCCCCCCCCCCCCCC(C)C)OC(=O)CCCCCCCCCCCCCCCCCCCCC(C)C. The zero-order valence-electron chi connectivity index (χ0n) is 70.5. The monoisotopic (exact) mass is 1560 g/mol. The third-order valence-electron chi connectivity index (χ3n) is 20.7. The predicted molar refractivity (Wildman–Crippen MR) is 442 cm³/mol. The maximum absolute atomic E-state index is 13.2. The summed E-state index contributed by atoms with van der Waals surface area (Å²) in [6, 6.07) is 0. The van der Waals surface area contributed by atoms with Crippen LogP contribution in [-0.4, -0.2) is 96.7 Å². The standard InChI is InChI=1S/C88H172O17P2/c1-7-9-11-13-15-17-19-20-21-24-32-37-42-48-54-60-66-72-87(92)104-83(76-98-85(90)70-64-58-52-46-18-16-14-12-10-8-2)78-102-106(94,95)100-74-82(89)75-101-107(96,97)103-79-84(77-99-86(91)71-65-59-53-47-41-36-31-28-27-30-35-40-45-51-57-63-69-81(5)6)105-88(93)73-67-61-55-49-43-38-33-26-23-22-25-29-34-39-44-50-56-62-68-80(3)4/h80-84,89H,7-79H2,1-6H3,(H,94,95)(H,96,97)/t82-,83+,84+/m0/s1. The number of hydrogen-bond donors (Lipinski definition) is 3. The molecule has 636 valence electrons. The van der Waals surface area contributed by atoms with E-state index in [0.717, 1.165) is 102 Å². The highest BCUT2D eigenvalue weighted by molar-refractivity contribution is 7.47. The molecule has 0 aromatic rings. The van der Waals surface area contributed by atoms with Gasteiger partial charge in [0, 0.05) is 25.7 Å². The van der Waals surface area contributed by atoms with E-state index in [9.17, 15) is 43.2 Å². The highest BCUT2D eigenvalue weighted by Crippen LogP contribution is 2.45. The quantitative estimate of drug-likeness (QED) is 0.0222. The lowest BCUT2D eigenvalue weighted by Gasteiger charge is -2.21. The molecule has 0 rings (SSSR count). The molecule has 0 aliphatic rings. The van der Waals surface area contributed by atoms with E-state index in [4.69, 9.17) is 37.0 Å². The van der Waals surface area contributed by atoms with Crippen LogP contribution in [0.3, 0.4) is 0 Å². The number of rotatable bonds is 87. The van der Waals surface area contributed by atoms with Gasteiger partial charge in [-0.1, -0.05) is 420 Å². The van der Waals surface area contributed by atoms with E-state index < -0.39 is 97.5 Å². The van der Waals surface area contributed by atoms with Gasteiger partial charge in [-0.25, -0.2) is 9.13 Å². The zero-order chi connectivity index (χ0) is 78.5. The van der Waals surface area contributed by atoms with E-state index in [2.05, 4.69) is 41.5 Å². The molecule has 0 aliphatic carbocycles. The second-order valence-electron chi connectivity index (χ2n) is 32.6. The topological polar surface area (TPSA) is 237 Å². The minimum absolute atomic E-state index is 0.109. The zero-order valence-corrected chi connectivity index (χ0v) is 72.2. The number of aliphatic hydroxyl groups is 1. The lowest BCUT2D eigenvalue weighted by molar-refractivity contribution is -0.161. The molecular formula is C88H172O17P2. The molecule has 107 heavy (non-hydrogen) atoms. The van der Waals surface area contributed by atoms with Crippen LogP contribution in [0.5, 0.6) is 0 Å². The van der Waals surface area contributed by atoms with E-state index in [1.165, 1.54) is 289 Å². The van der Waals surface area contributed by atoms with Crippen LogP contribution in [0.15, 0.2) is 0 Å². The molecular weight excluding hydrogens is 1390 g/mol. The number of aliphatic hydroxyl groups excluding tert-OH is 1. The van der Waals surface area contributed by atoms with Crippen LogP contribution in [0.1, 0.15) is 472 Å². The molecule has 0 spiro atoms. The molecule has 0 bridgehead atoms. The van der Waals surface area contributed by atoms with Gasteiger partial charge in [0.2, 0.25) is 0 Å². The first-order valence-electron chi connectivity index (χ1n) is 45.5. The Morgan fingerprint density at radius 2 is 0.430 bits per heavy atom. The number of phosphoric ester groups is 2. The van der Waals surface area contributed by atoms with Gasteiger partial charge in [-0.3, -0.25) is 37.3 Å². The van der Waals surface area contributed by atoms with Gasteiger partial charge < -0.3 is 33.8 Å². The first kappa shape index (κ1) is 105. The molecule has 0 amide bonds. The van der Waals surface area contributed by atoms with Gasteiger partial charge in [0.15, 0.2) is 12.2 Å². The van der Waals surface area contributed by atoms with Gasteiger partial charge in [0.1, 0.15) is 19.3 Å². The van der Waals surface area contributed by atoms with Crippen molar-refractivity contribution in [2.75, 3.05) is 39.6 Å². The van der Waals surface area contributed by atoms with Gasteiger partial charge in [0.25, 0.3) is 0 Å². The number of carbonyl (C=O) groups is 4. The van der Waals surface area contributed by atoms with Gasteiger partial charge in [-0.2, -0.15) is 0 Å². The number of ether oxygens (including phenoxy) is 4. The van der Waals surface area contributed by atoms with E-state index in [1.54, 1.807) is 0 Å². The van der Waals surface area contributed by atoms with E-state index in [0.29, 0.717) is 25.7 Å². The summed E-state index contributed by atoms with van der Waals surface area (Å²) >= 11 is 0. The van der Waals surface area contributed by atoms with Gasteiger partial charge in [0.05, 0.1) is 26.4 Å². The van der Waals surface area contributed by atoms with Crippen molar-refractivity contribution in [3.8, 4) is 0 Å². The van der Waals surface area contributed by atoms with Crippen LogP contribution in [0.2, 0.25) is 0 Å². The number of phosphoric acid groups is 2. The molecule has 0 saturated carbocycles. The molecule has 0 fully saturated rings. The Hall–Kier alpha value is -1.94. The average Bonchev–Trinajstić information content (AvgIpc) is 0.917. The molecule has 0 saturated heterocycles. The molecule has 19 heteroatoms. The third kappa shape index (κ3) is 81.9. The first-order valence-corrected chi connectivity index (χ1v) is 48.5. The summed E-state index contributed by atoms with van der Waals surface area (Å²) in [5, 5.41) is 10.7. The highest BCUT2D eigenvalue weighted by atomic mass is 31.2. The fourth-order valence-electron chi connectivity index (χ4n) is 13.8. The van der Waals surface area contributed by atoms with Crippen LogP contribution < -0.4 is 0 Å². The molecule has 0 radical (unpaired) electrons. The van der Waals surface area contributed by atoms with Crippen LogP contribution >= 0.6 is 15.6 Å². The van der Waals surface area contributed by atoms with Crippen molar-refractivity contribution in [1.82, 2.24) is 0 Å². The largest absolute Gasteiger partial charge is 0.472 e. The van der Waals surface area contributed by atoms with Gasteiger partial charge in [-0.05, 0) is 37.5 Å². The van der Waals surface area contributed by atoms with Crippen molar-refractivity contribution in [3.05, 3.63) is 0 Å². The predicted octanol–water partition coefficient (Wildman–Crippen LogP) is 27.0. The number of esters is 4. The van der Waals surface area contributed by atoms with Crippen molar-refractivity contribution in [3.63, 3.8) is 0 Å². The fourth-order valence-corrected chi connectivity index (χ4v) is 15.4. The Labute approximate surface area is 658 Å². The summed E-state index contributed by atoms with van der Waals surface area (Å²) < 4.78 is 68.9. The summed E-state index contributed by atoms with van der Waals surface area (Å²) in [5.41, 5.74) is 0. The second kappa shape index (κ2) is 79.3. The van der Waals surface area contributed by atoms with Crippen LogP contribution in [0.4, 0.5) is 0 Å². The summed E-state index contributed by atoms with van der Waals surface area (Å²) in [6.45, 7) is 9.75.